The van der Waals surface area contributed by atoms with Crippen molar-refractivity contribution in [3.63, 3.8) is 0 Å². The molecule has 2 aromatic rings. The molecule has 0 bridgehead atoms. The largest absolute Gasteiger partial charge is 0.354 e. The number of pyridine rings is 1. The summed E-state index contributed by atoms with van der Waals surface area (Å²) in [5.41, 5.74) is 0.907. The van der Waals surface area contributed by atoms with E-state index >= 15 is 0 Å². The van der Waals surface area contributed by atoms with Crippen molar-refractivity contribution in [3.8, 4) is 0 Å². The first-order chi connectivity index (χ1) is 14.6. The highest BCUT2D eigenvalue weighted by Gasteiger charge is 2.32. The van der Waals surface area contributed by atoms with E-state index in [1.807, 2.05) is 30.0 Å². The molecule has 1 amide bonds. The fourth-order valence-corrected chi connectivity index (χ4v) is 5.77. The van der Waals surface area contributed by atoms with Crippen LogP contribution in [-0.2, 0) is 4.79 Å². The molecule has 2 saturated heterocycles. The van der Waals surface area contributed by atoms with Crippen LogP contribution in [0.5, 0.6) is 0 Å². The molecule has 0 radical (unpaired) electrons. The van der Waals surface area contributed by atoms with E-state index in [1.165, 1.54) is 16.2 Å². The van der Waals surface area contributed by atoms with E-state index in [1.54, 1.807) is 17.2 Å². The second kappa shape index (κ2) is 9.53. The molecular formula is C21H24N4O2S3. The summed E-state index contributed by atoms with van der Waals surface area (Å²) in [6, 6.07) is 5.52. The van der Waals surface area contributed by atoms with Crippen LogP contribution in [0.15, 0.2) is 34.1 Å². The van der Waals surface area contributed by atoms with E-state index in [-0.39, 0.29) is 11.5 Å². The molecule has 9 heteroatoms. The van der Waals surface area contributed by atoms with Crippen molar-refractivity contribution in [1.29, 1.82) is 0 Å². The molecule has 2 fully saturated rings. The number of thiocarbonyl (C=S) groups is 1. The molecule has 0 aromatic carbocycles. The maximum Gasteiger partial charge on any atom is 0.267 e. The summed E-state index contributed by atoms with van der Waals surface area (Å²) in [4.78, 5) is 35.4. The summed E-state index contributed by atoms with van der Waals surface area (Å²) in [5, 5.41) is 0. The number of hydrogen-bond acceptors (Lipinski definition) is 7. The average Bonchev–Trinajstić information content (AvgIpc) is 3.03. The van der Waals surface area contributed by atoms with Crippen LogP contribution in [-0.4, -0.2) is 55.7 Å². The van der Waals surface area contributed by atoms with Crippen LogP contribution in [0.3, 0.4) is 0 Å². The number of nitrogens with zero attached hydrogens (tertiary/aromatic N) is 4. The highest BCUT2D eigenvalue weighted by molar-refractivity contribution is 8.26. The van der Waals surface area contributed by atoms with Crippen molar-refractivity contribution in [2.45, 2.75) is 26.2 Å². The van der Waals surface area contributed by atoms with Crippen molar-refractivity contribution >= 4 is 63.5 Å². The monoisotopic (exact) mass is 460 g/mol. The molecule has 4 heterocycles. The molecule has 0 spiro atoms. The number of amides is 1. The number of fused-ring (bicyclic) bond motifs is 1. The molecule has 2 aliphatic heterocycles. The number of hydrogen-bond donors (Lipinski definition) is 0. The van der Waals surface area contributed by atoms with E-state index in [9.17, 15) is 9.59 Å². The Hall–Kier alpha value is -1.84. The summed E-state index contributed by atoms with van der Waals surface area (Å²) in [6.07, 6.45) is 6.48. The maximum atomic E-state index is 13.3. The van der Waals surface area contributed by atoms with E-state index in [2.05, 4.69) is 11.8 Å². The summed E-state index contributed by atoms with van der Waals surface area (Å²) < 4.78 is 2.10. The van der Waals surface area contributed by atoms with Crippen molar-refractivity contribution in [2.75, 3.05) is 36.0 Å². The molecule has 2 aliphatic rings. The Morgan fingerprint density at radius 1 is 1.20 bits per heavy atom. The Balaban J connectivity index is 1.76. The van der Waals surface area contributed by atoms with Gasteiger partial charge in [0, 0.05) is 37.3 Å². The third-order valence-electron chi connectivity index (χ3n) is 5.19. The van der Waals surface area contributed by atoms with Gasteiger partial charge in [-0.05, 0) is 24.6 Å². The lowest BCUT2D eigenvalue weighted by atomic mass is 10.2. The number of carbonyl (C=O) groups excluding carboxylic acids is 1. The standard InChI is InChI=1S/C21H24N4O2S3/c1-2-3-5-9-25-20(27)16(30-21(25)28)14-15-18(23-10-12-29-13-11-23)22-17-7-4-6-8-24(17)19(15)26/h4,6-8,14H,2-3,5,9-13H2,1H3/b16-14-. The second-order valence-electron chi connectivity index (χ2n) is 7.22. The molecule has 0 saturated carbocycles. The summed E-state index contributed by atoms with van der Waals surface area (Å²) in [6.45, 7) is 4.42. The normalized spacial score (nSPS) is 18.8. The Kier molecular flexibility index (Phi) is 6.80. The first-order valence-corrected chi connectivity index (χ1v) is 12.6. The average molecular weight is 461 g/mol. The molecular weight excluding hydrogens is 436 g/mol. The molecule has 158 valence electrons. The molecule has 0 unspecified atom stereocenters. The topological polar surface area (TPSA) is 57.9 Å². The molecule has 2 aromatic heterocycles. The SMILES string of the molecule is CCCCCN1C(=O)/C(=C/c2c(N3CCSCC3)nc3ccccn3c2=O)SC1=S. The van der Waals surface area contributed by atoms with Gasteiger partial charge in [0.2, 0.25) is 0 Å². The van der Waals surface area contributed by atoms with Crippen molar-refractivity contribution in [1.82, 2.24) is 14.3 Å². The minimum Gasteiger partial charge on any atom is -0.354 e. The van der Waals surface area contributed by atoms with Crippen molar-refractivity contribution < 1.29 is 4.79 Å². The van der Waals surface area contributed by atoms with Gasteiger partial charge >= 0.3 is 0 Å². The number of unbranched alkanes of at least 4 members (excludes halogenated alkanes) is 2. The zero-order valence-corrected chi connectivity index (χ0v) is 19.3. The van der Waals surface area contributed by atoms with Crippen LogP contribution >= 0.6 is 35.7 Å². The Bertz CT molecular complexity index is 1060. The predicted molar refractivity (Wildman–Crippen MR) is 130 cm³/mol. The lowest BCUT2D eigenvalue weighted by Gasteiger charge is -2.28. The third kappa shape index (κ3) is 4.29. The summed E-state index contributed by atoms with van der Waals surface area (Å²) >= 11 is 8.62. The van der Waals surface area contributed by atoms with Crippen LogP contribution in [0.25, 0.3) is 11.7 Å². The van der Waals surface area contributed by atoms with Gasteiger partial charge in [-0.25, -0.2) is 4.98 Å². The fourth-order valence-electron chi connectivity index (χ4n) is 3.58. The highest BCUT2D eigenvalue weighted by atomic mass is 32.2. The summed E-state index contributed by atoms with van der Waals surface area (Å²) in [7, 11) is 0. The number of rotatable bonds is 6. The third-order valence-corrected chi connectivity index (χ3v) is 7.51. The van der Waals surface area contributed by atoms with E-state index in [0.29, 0.717) is 32.8 Å². The van der Waals surface area contributed by atoms with E-state index in [0.717, 1.165) is 43.9 Å². The van der Waals surface area contributed by atoms with Crippen LogP contribution in [0.4, 0.5) is 5.82 Å². The predicted octanol–water partition coefficient (Wildman–Crippen LogP) is 3.64. The molecule has 30 heavy (non-hydrogen) atoms. The minimum atomic E-state index is -0.162. The van der Waals surface area contributed by atoms with Crippen molar-refractivity contribution in [2.24, 2.45) is 0 Å². The van der Waals surface area contributed by atoms with Crippen LogP contribution in [0.2, 0.25) is 0 Å². The lowest BCUT2D eigenvalue weighted by molar-refractivity contribution is -0.122. The summed E-state index contributed by atoms with van der Waals surface area (Å²) in [5.74, 6) is 2.53. The van der Waals surface area contributed by atoms with Gasteiger partial charge < -0.3 is 4.90 Å². The van der Waals surface area contributed by atoms with Crippen LogP contribution in [0, 0.1) is 0 Å². The van der Waals surface area contributed by atoms with E-state index < -0.39 is 0 Å². The van der Waals surface area contributed by atoms with Crippen LogP contribution in [0.1, 0.15) is 31.7 Å². The fraction of sp³-hybridized carbons (Fsp3) is 0.429. The van der Waals surface area contributed by atoms with Gasteiger partial charge in [-0.2, -0.15) is 11.8 Å². The molecule has 4 rings (SSSR count). The van der Waals surface area contributed by atoms with E-state index in [4.69, 9.17) is 17.2 Å². The van der Waals surface area contributed by atoms with Gasteiger partial charge in [0.25, 0.3) is 11.5 Å². The minimum absolute atomic E-state index is 0.112. The molecule has 6 nitrogen and oxygen atoms in total. The van der Waals surface area contributed by atoms with Crippen molar-refractivity contribution in [3.05, 3.63) is 45.2 Å². The molecule has 0 aliphatic carbocycles. The lowest BCUT2D eigenvalue weighted by Crippen LogP contribution is -2.36. The number of carbonyl (C=O) groups is 1. The zero-order chi connectivity index (χ0) is 21.1. The second-order valence-corrected chi connectivity index (χ2v) is 10.1. The first kappa shape index (κ1) is 21.4. The highest BCUT2D eigenvalue weighted by Crippen LogP contribution is 2.34. The first-order valence-electron chi connectivity index (χ1n) is 10.2. The molecule has 0 atom stereocenters. The molecule has 0 N–H and O–H groups in total. The Morgan fingerprint density at radius 3 is 2.77 bits per heavy atom. The number of aromatic nitrogens is 2. The van der Waals surface area contributed by atoms with Gasteiger partial charge in [-0.15, -0.1) is 0 Å². The van der Waals surface area contributed by atoms with Crippen LogP contribution < -0.4 is 10.5 Å². The maximum absolute atomic E-state index is 13.3. The van der Waals surface area contributed by atoms with Gasteiger partial charge in [0.1, 0.15) is 15.8 Å². The number of thioether (sulfide) groups is 2. The Labute approximate surface area is 189 Å². The van der Waals surface area contributed by atoms with Gasteiger partial charge in [-0.3, -0.25) is 18.9 Å². The quantitative estimate of drug-likeness (QED) is 0.371. The van der Waals surface area contributed by atoms with Gasteiger partial charge in [-0.1, -0.05) is 49.8 Å². The number of anilines is 1. The van der Waals surface area contributed by atoms with Gasteiger partial charge in [0.05, 0.1) is 10.5 Å². The Morgan fingerprint density at radius 2 is 2.00 bits per heavy atom. The van der Waals surface area contributed by atoms with Gasteiger partial charge in [0.15, 0.2) is 0 Å². The zero-order valence-electron chi connectivity index (χ0n) is 16.9. The smallest absolute Gasteiger partial charge is 0.267 e.